The molecular weight excluding hydrogens is 202 g/mol. The molecule has 0 radical (unpaired) electrons. The second kappa shape index (κ2) is 5.00. The molecule has 3 rings (SSSR count). The summed E-state index contributed by atoms with van der Waals surface area (Å²) in [5.74, 6) is 0. The van der Waals surface area contributed by atoms with Gasteiger partial charge < -0.3 is 10.1 Å². The lowest BCUT2D eigenvalue weighted by molar-refractivity contribution is -0.0619. The summed E-state index contributed by atoms with van der Waals surface area (Å²) in [4.78, 5) is 5.17. The highest BCUT2D eigenvalue weighted by Crippen LogP contribution is 2.22. The zero-order chi connectivity index (χ0) is 10.8. The van der Waals surface area contributed by atoms with Crippen LogP contribution in [0, 0.1) is 0 Å². The Bertz CT molecular complexity index is 230. The lowest BCUT2D eigenvalue weighted by Crippen LogP contribution is -2.53. The third-order valence-electron chi connectivity index (χ3n) is 4.13. The Labute approximate surface area is 97.9 Å². The number of fused-ring (bicyclic) bond motifs is 1. The van der Waals surface area contributed by atoms with Crippen LogP contribution in [0.2, 0.25) is 0 Å². The fraction of sp³-hybridized carbons (Fsp3) is 1.00. The zero-order valence-corrected chi connectivity index (χ0v) is 10.0. The van der Waals surface area contributed by atoms with E-state index in [1.807, 2.05) is 0 Å². The Morgan fingerprint density at radius 3 is 2.94 bits per heavy atom. The molecule has 4 heteroatoms. The van der Waals surface area contributed by atoms with Crippen LogP contribution in [0.15, 0.2) is 0 Å². The van der Waals surface area contributed by atoms with Crippen molar-refractivity contribution in [2.45, 2.75) is 25.0 Å². The second-order valence-corrected chi connectivity index (χ2v) is 5.30. The first-order chi connectivity index (χ1) is 7.92. The molecule has 1 N–H and O–H groups in total. The predicted octanol–water partition coefficient (Wildman–Crippen LogP) is -0.245. The standard InChI is InChI=1S/C12H23N3O/c1-2-11-10-16-12(9-15(11)5-1)8-14-6-3-13-4-7-14/h11-13H,1-10H2. The summed E-state index contributed by atoms with van der Waals surface area (Å²) in [6, 6.07) is 0.735. The van der Waals surface area contributed by atoms with Crippen LogP contribution in [0.1, 0.15) is 12.8 Å². The van der Waals surface area contributed by atoms with Gasteiger partial charge in [-0.25, -0.2) is 0 Å². The molecule has 0 aromatic rings. The van der Waals surface area contributed by atoms with Crippen LogP contribution in [0.3, 0.4) is 0 Å². The summed E-state index contributed by atoms with van der Waals surface area (Å²) < 4.78 is 5.99. The number of morpholine rings is 1. The van der Waals surface area contributed by atoms with Gasteiger partial charge in [-0.05, 0) is 19.4 Å². The van der Waals surface area contributed by atoms with E-state index in [0.29, 0.717) is 6.10 Å². The quantitative estimate of drug-likeness (QED) is 0.702. The molecule has 3 aliphatic rings. The van der Waals surface area contributed by atoms with Gasteiger partial charge in [-0.15, -0.1) is 0 Å². The fourth-order valence-electron chi connectivity index (χ4n) is 3.18. The summed E-state index contributed by atoms with van der Waals surface area (Å²) in [6.07, 6.45) is 3.17. The molecular formula is C12H23N3O. The van der Waals surface area contributed by atoms with Crippen LogP contribution < -0.4 is 5.32 Å². The monoisotopic (exact) mass is 225 g/mol. The SMILES string of the molecule is C1CC2COC(CN3CCNCC3)CN2C1. The summed E-state index contributed by atoms with van der Waals surface area (Å²) in [5, 5.41) is 3.40. The Balaban J connectivity index is 1.48. The van der Waals surface area contributed by atoms with Crippen molar-refractivity contribution in [2.24, 2.45) is 0 Å². The zero-order valence-electron chi connectivity index (χ0n) is 10.0. The summed E-state index contributed by atoms with van der Waals surface area (Å²) in [7, 11) is 0. The number of nitrogens with zero attached hydrogens (tertiary/aromatic N) is 2. The van der Waals surface area contributed by atoms with Gasteiger partial charge in [-0.1, -0.05) is 0 Å². The van der Waals surface area contributed by atoms with Gasteiger partial charge in [0.1, 0.15) is 0 Å². The number of hydrogen-bond acceptors (Lipinski definition) is 4. The van der Waals surface area contributed by atoms with Crippen molar-refractivity contribution in [3.63, 3.8) is 0 Å². The van der Waals surface area contributed by atoms with E-state index in [1.165, 1.54) is 32.5 Å². The minimum atomic E-state index is 0.451. The van der Waals surface area contributed by atoms with E-state index in [1.54, 1.807) is 0 Å². The number of nitrogens with one attached hydrogen (secondary N) is 1. The maximum absolute atomic E-state index is 5.99. The Kier molecular flexibility index (Phi) is 3.43. The average Bonchev–Trinajstić information content (AvgIpc) is 2.77. The van der Waals surface area contributed by atoms with Crippen molar-refractivity contribution in [1.82, 2.24) is 15.1 Å². The van der Waals surface area contributed by atoms with Crippen LogP contribution in [0.25, 0.3) is 0 Å². The van der Waals surface area contributed by atoms with Gasteiger partial charge in [-0.3, -0.25) is 9.80 Å². The maximum Gasteiger partial charge on any atom is 0.0829 e. The summed E-state index contributed by atoms with van der Waals surface area (Å²) in [5.41, 5.74) is 0. The highest BCUT2D eigenvalue weighted by molar-refractivity contribution is 4.86. The second-order valence-electron chi connectivity index (χ2n) is 5.30. The topological polar surface area (TPSA) is 27.7 Å². The van der Waals surface area contributed by atoms with Crippen LogP contribution in [0.5, 0.6) is 0 Å². The smallest absolute Gasteiger partial charge is 0.0829 e. The highest BCUT2D eigenvalue weighted by Gasteiger charge is 2.32. The lowest BCUT2D eigenvalue weighted by atomic mass is 10.2. The minimum absolute atomic E-state index is 0.451. The Hall–Kier alpha value is -0.160. The molecule has 0 amide bonds. The van der Waals surface area contributed by atoms with Gasteiger partial charge in [0, 0.05) is 45.3 Å². The van der Waals surface area contributed by atoms with Crippen molar-refractivity contribution in [2.75, 3.05) is 52.4 Å². The predicted molar refractivity (Wildman–Crippen MR) is 63.6 cm³/mol. The van der Waals surface area contributed by atoms with Gasteiger partial charge >= 0.3 is 0 Å². The summed E-state index contributed by atoms with van der Waals surface area (Å²) >= 11 is 0. The number of hydrogen-bond donors (Lipinski definition) is 1. The number of ether oxygens (including phenoxy) is 1. The van der Waals surface area contributed by atoms with Gasteiger partial charge in [0.2, 0.25) is 0 Å². The van der Waals surface area contributed by atoms with Crippen LogP contribution in [-0.4, -0.2) is 74.4 Å². The molecule has 0 aromatic carbocycles. The van der Waals surface area contributed by atoms with E-state index in [9.17, 15) is 0 Å². The van der Waals surface area contributed by atoms with Gasteiger partial charge in [0.05, 0.1) is 12.7 Å². The molecule has 16 heavy (non-hydrogen) atoms. The van der Waals surface area contributed by atoms with Gasteiger partial charge in [0.15, 0.2) is 0 Å². The first-order valence-electron chi connectivity index (χ1n) is 6.70. The molecule has 2 unspecified atom stereocenters. The van der Waals surface area contributed by atoms with Crippen LogP contribution in [-0.2, 0) is 4.74 Å². The molecule has 2 atom stereocenters. The number of piperazine rings is 1. The minimum Gasteiger partial charge on any atom is -0.374 e. The lowest BCUT2D eigenvalue weighted by Gasteiger charge is -2.38. The molecule has 4 nitrogen and oxygen atoms in total. The molecule has 3 saturated heterocycles. The normalized spacial score (nSPS) is 37.5. The molecule has 0 bridgehead atoms. The van der Waals surface area contributed by atoms with Crippen molar-refractivity contribution in [1.29, 1.82) is 0 Å². The van der Waals surface area contributed by atoms with E-state index in [4.69, 9.17) is 4.74 Å². The third kappa shape index (κ3) is 2.40. The Morgan fingerprint density at radius 1 is 1.19 bits per heavy atom. The van der Waals surface area contributed by atoms with Gasteiger partial charge in [-0.2, -0.15) is 0 Å². The van der Waals surface area contributed by atoms with E-state index in [0.717, 1.165) is 38.8 Å². The van der Waals surface area contributed by atoms with E-state index in [-0.39, 0.29) is 0 Å². The number of rotatable bonds is 2. The Morgan fingerprint density at radius 2 is 2.06 bits per heavy atom. The van der Waals surface area contributed by atoms with Crippen molar-refractivity contribution < 1.29 is 4.74 Å². The molecule has 0 aliphatic carbocycles. The first kappa shape index (κ1) is 11.0. The largest absolute Gasteiger partial charge is 0.374 e. The molecule has 0 saturated carbocycles. The maximum atomic E-state index is 5.99. The van der Waals surface area contributed by atoms with Crippen LogP contribution in [0.4, 0.5) is 0 Å². The molecule has 0 aromatic heterocycles. The molecule has 3 aliphatic heterocycles. The molecule has 3 heterocycles. The van der Waals surface area contributed by atoms with Crippen molar-refractivity contribution in [3.05, 3.63) is 0 Å². The van der Waals surface area contributed by atoms with Gasteiger partial charge in [0.25, 0.3) is 0 Å². The molecule has 3 fully saturated rings. The van der Waals surface area contributed by atoms with E-state index >= 15 is 0 Å². The fourth-order valence-corrected chi connectivity index (χ4v) is 3.18. The molecule has 0 spiro atoms. The van der Waals surface area contributed by atoms with Crippen molar-refractivity contribution in [3.8, 4) is 0 Å². The average molecular weight is 225 g/mol. The summed E-state index contributed by atoms with van der Waals surface area (Å²) in [6.45, 7) is 9.20. The van der Waals surface area contributed by atoms with E-state index < -0.39 is 0 Å². The van der Waals surface area contributed by atoms with E-state index in [2.05, 4.69) is 15.1 Å². The van der Waals surface area contributed by atoms with Crippen molar-refractivity contribution >= 4 is 0 Å². The van der Waals surface area contributed by atoms with Crippen LogP contribution >= 0.6 is 0 Å². The molecule has 92 valence electrons. The highest BCUT2D eigenvalue weighted by atomic mass is 16.5. The first-order valence-corrected chi connectivity index (χ1v) is 6.70. The third-order valence-corrected chi connectivity index (χ3v) is 4.13.